The van der Waals surface area contributed by atoms with E-state index < -0.39 is 0 Å². The largest absolute Gasteiger partial charge is 0.301 e. The third-order valence-corrected chi connectivity index (χ3v) is 4.04. The van der Waals surface area contributed by atoms with Crippen LogP contribution in [-0.4, -0.2) is 16.1 Å². The van der Waals surface area contributed by atoms with Crippen LogP contribution in [0.1, 0.15) is 26.2 Å². The average Bonchev–Trinajstić information content (AvgIpc) is 2.95. The monoisotopic (exact) mass is 267 g/mol. The summed E-state index contributed by atoms with van der Waals surface area (Å²) >= 11 is 3.03. The van der Waals surface area contributed by atoms with Crippen LogP contribution >= 0.6 is 22.7 Å². The molecule has 0 saturated heterocycles. The molecule has 0 aromatic carbocycles. The van der Waals surface area contributed by atoms with Gasteiger partial charge in [0.05, 0.1) is 4.88 Å². The zero-order chi connectivity index (χ0) is 12.1. The Morgan fingerprint density at radius 3 is 3.06 bits per heavy atom. The van der Waals surface area contributed by atoms with E-state index in [-0.39, 0.29) is 5.91 Å². The summed E-state index contributed by atoms with van der Waals surface area (Å²) in [4.78, 5) is 12.6. The summed E-state index contributed by atoms with van der Waals surface area (Å²) in [6.07, 6.45) is 2.47. The fourth-order valence-electron chi connectivity index (χ4n) is 1.29. The van der Waals surface area contributed by atoms with Gasteiger partial charge in [-0.15, -0.1) is 21.5 Å². The first-order valence-electron chi connectivity index (χ1n) is 5.47. The highest BCUT2D eigenvalue weighted by atomic mass is 32.1. The molecule has 1 N–H and O–H groups in total. The van der Waals surface area contributed by atoms with Crippen LogP contribution in [0.15, 0.2) is 17.5 Å². The second-order valence-corrected chi connectivity index (χ2v) is 5.47. The van der Waals surface area contributed by atoms with Crippen LogP contribution < -0.4 is 5.32 Å². The first kappa shape index (κ1) is 12.2. The molecule has 17 heavy (non-hydrogen) atoms. The van der Waals surface area contributed by atoms with E-state index >= 15 is 0 Å². The first-order valence-corrected chi connectivity index (χ1v) is 7.16. The summed E-state index contributed by atoms with van der Waals surface area (Å²) < 4.78 is 0. The molecule has 0 bridgehead atoms. The first-order chi connectivity index (χ1) is 8.29. The predicted octanol–water partition coefficient (Wildman–Crippen LogP) is 3.40. The van der Waals surface area contributed by atoms with Crippen molar-refractivity contribution < 1.29 is 4.79 Å². The van der Waals surface area contributed by atoms with E-state index in [1.54, 1.807) is 11.3 Å². The van der Waals surface area contributed by atoms with Crippen molar-refractivity contribution in [3.8, 4) is 9.88 Å². The molecule has 0 saturated carbocycles. The van der Waals surface area contributed by atoms with Crippen molar-refractivity contribution in [2.24, 2.45) is 0 Å². The van der Waals surface area contributed by atoms with E-state index in [9.17, 15) is 4.79 Å². The van der Waals surface area contributed by atoms with Gasteiger partial charge in [0.1, 0.15) is 0 Å². The van der Waals surface area contributed by atoms with Gasteiger partial charge in [-0.3, -0.25) is 4.79 Å². The highest BCUT2D eigenvalue weighted by molar-refractivity contribution is 7.23. The van der Waals surface area contributed by atoms with Crippen LogP contribution in [0.4, 0.5) is 5.13 Å². The van der Waals surface area contributed by atoms with Gasteiger partial charge < -0.3 is 5.32 Å². The van der Waals surface area contributed by atoms with Gasteiger partial charge in [0, 0.05) is 6.42 Å². The molecule has 0 atom stereocenters. The van der Waals surface area contributed by atoms with E-state index in [4.69, 9.17) is 0 Å². The van der Waals surface area contributed by atoms with E-state index in [0.29, 0.717) is 11.6 Å². The highest BCUT2D eigenvalue weighted by Gasteiger charge is 2.09. The van der Waals surface area contributed by atoms with E-state index in [2.05, 4.69) is 22.4 Å². The van der Waals surface area contributed by atoms with Gasteiger partial charge in [0.25, 0.3) is 0 Å². The normalized spacial score (nSPS) is 10.4. The van der Waals surface area contributed by atoms with Crippen molar-refractivity contribution in [1.29, 1.82) is 0 Å². The molecule has 2 aromatic rings. The van der Waals surface area contributed by atoms with Crippen LogP contribution in [0, 0.1) is 0 Å². The molecule has 0 spiro atoms. The molecule has 4 nitrogen and oxygen atoms in total. The van der Waals surface area contributed by atoms with Crippen LogP contribution in [0.25, 0.3) is 9.88 Å². The quantitative estimate of drug-likeness (QED) is 0.903. The second-order valence-electron chi connectivity index (χ2n) is 3.54. The molecule has 0 radical (unpaired) electrons. The van der Waals surface area contributed by atoms with E-state index in [0.717, 1.165) is 22.7 Å². The Morgan fingerprint density at radius 2 is 2.35 bits per heavy atom. The topological polar surface area (TPSA) is 54.9 Å². The maximum absolute atomic E-state index is 11.5. The smallest absolute Gasteiger partial charge is 0.226 e. The Morgan fingerprint density at radius 1 is 1.47 bits per heavy atom. The second kappa shape index (κ2) is 5.88. The summed E-state index contributed by atoms with van der Waals surface area (Å²) in [5.74, 6) is 0.0146. The zero-order valence-electron chi connectivity index (χ0n) is 9.47. The molecule has 0 aliphatic rings. The van der Waals surface area contributed by atoms with Gasteiger partial charge in [-0.25, -0.2) is 0 Å². The average molecular weight is 267 g/mol. The van der Waals surface area contributed by atoms with Gasteiger partial charge in [0.15, 0.2) is 5.01 Å². The lowest BCUT2D eigenvalue weighted by Crippen LogP contribution is -2.10. The SMILES string of the molecule is CCCCC(=O)Nc1nnc(-c2cccs2)s1. The minimum Gasteiger partial charge on any atom is -0.301 e. The number of nitrogens with one attached hydrogen (secondary N) is 1. The molecule has 6 heteroatoms. The van der Waals surface area contributed by atoms with E-state index in [1.165, 1.54) is 11.3 Å². The molecule has 2 heterocycles. The van der Waals surface area contributed by atoms with Gasteiger partial charge >= 0.3 is 0 Å². The number of rotatable bonds is 5. The summed E-state index contributed by atoms with van der Waals surface area (Å²) in [5, 5.41) is 14.2. The molecule has 0 unspecified atom stereocenters. The fraction of sp³-hybridized carbons (Fsp3) is 0.364. The van der Waals surface area contributed by atoms with Gasteiger partial charge in [-0.2, -0.15) is 0 Å². The van der Waals surface area contributed by atoms with Crippen molar-refractivity contribution in [3.05, 3.63) is 17.5 Å². The van der Waals surface area contributed by atoms with Crippen molar-refractivity contribution in [1.82, 2.24) is 10.2 Å². The summed E-state index contributed by atoms with van der Waals surface area (Å²) in [6.45, 7) is 2.06. The minimum atomic E-state index is 0.0146. The van der Waals surface area contributed by atoms with Gasteiger partial charge in [0.2, 0.25) is 11.0 Å². The third kappa shape index (κ3) is 3.34. The molecule has 1 amide bonds. The van der Waals surface area contributed by atoms with Gasteiger partial charge in [-0.05, 0) is 17.9 Å². The molecule has 0 aliphatic heterocycles. The number of carbonyl (C=O) groups is 1. The Bertz CT molecular complexity index is 479. The Labute approximate surface area is 108 Å². The number of amides is 1. The molecule has 2 rings (SSSR count). The van der Waals surface area contributed by atoms with Crippen LogP contribution in [0.2, 0.25) is 0 Å². The van der Waals surface area contributed by atoms with Crippen molar-refractivity contribution in [2.75, 3.05) is 5.32 Å². The number of anilines is 1. The van der Waals surface area contributed by atoms with Crippen LogP contribution in [0.5, 0.6) is 0 Å². The maximum atomic E-state index is 11.5. The minimum absolute atomic E-state index is 0.0146. The zero-order valence-corrected chi connectivity index (χ0v) is 11.1. The summed E-state index contributed by atoms with van der Waals surface area (Å²) in [6, 6.07) is 3.97. The van der Waals surface area contributed by atoms with Crippen molar-refractivity contribution in [3.63, 3.8) is 0 Å². The Balaban J connectivity index is 1.97. The van der Waals surface area contributed by atoms with Crippen molar-refractivity contribution in [2.45, 2.75) is 26.2 Å². The van der Waals surface area contributed by atoms with Crippen LogP contribution in [-0.2, 0) is 4.79 Å². The highest BCUT2D eigenvalue weighted by Crippen LogP contribution is 2.29. The standard InChI is InChI=1S/C11H13N3OS2/c1-2-3-6-9(15)12-11-14-13-10(17-11)8-5-4-7-16-8/h4-5,7H,2-3,6H2,1H3,(H,12,14,15). The number of thiophene rings is 1. The lowest BCUT2D eigenvalue weighted by molar-refractivity contribution is -0.116. The number of aromatic nitrogens is 2. The lowest BCUT2D eigenvalue weighted by atomic mass is 10.2. The van der Waals surface area contributed by atoms with Crippen LogP contribution in [0.3, 0.4) is 0 Å². The van der Waals surface area contributed by atoms with Gasteiger partial charge in [-0.1, -0.05) is 30.7 Å². The number of unbranched alkanes of at least 4 members (excludes halogenated alkanes) is 1. The number of nitrogens with zero attached hydrogens (tertiary/aromatic N) is 2. The van der Waals surface area contributed by atoms with Crippen molar-refractivity contribution >= 4 is 33.7 Å². The number of carbonyl (C=O) groups excluding carboxylic acids is 1. The molecule has 0 fully saturated rings. The maximum Gasteiger partial charge on any atom is 0.226 e. The molecule has 90 valence electrons. The molecular weight excluding hydrogens is 254 g/mol. The molecular formula is C11H13N3OS2. The molecule has 0 aliphatic carbocycles. The Hall–Kier alpha value is -1.27. The fourth-order valence-corrected chi connectivity index (χ4v) is 2.84. The Kier molecular flexibility index (Phi) is 4.22. The summed E-state index contributed by atoms with van der Waals surface area (Å²) in [7, 11) is 0. The lowest BCUT2D eigenvalue weighted by Gasteiger charge is -1.98. The number of hydrogen-bond acceptors (Lipinski definition) is 5. The number of hydrogen-bond donors (Lipinski definition) is 1. The van der Waals surface area contributed by atoms with E-state index in [1.807, 2.05) is 17.5 Å². The summed E-state index contributed by atoms with van der Waals surface area (Å²) in [5.41, 5.74) is 0. The third-order valence-electron chi connectivity index (χ3n) is 2.16. The molecule has 2 aromatic heterocycles. The predicted molar refractivity (Wildman–Crippen MR) is 71.4 cm³/mol.